The largest absolute Gasteiger partial charge is 0.435 e. The van der Waals surface area contributed by atoms with E-state index >= 15 is 0 Å². The summed E-state index contributed by atoms with van der Waals surface area (Å²) < 4.78 is 28.3. The Bertz CT molecular complexity index is 494. The van der Waals surface area contributed by atoms with Crippen LogP contribution in [-0.2, 0) is 4.79 Å². The molecule has 1 aromatic rings. The fraction of sp³-hybridized carbons (Fsp3) is 0.385. The van der Waals surface area contributed by atoms with Crippen LogP contribution in [0.4, 0.5) is 13.6 Å². The molecule has 0 aliphatic carbocycles. The van der Waals surface area contributed by atoms with Crippen LogP contribution in [0.3, 0.4) is 0 Å². The van der Waals surface area contributed by atoms with Crippen molar-refractivity contribution in [1.29, 1.82) is 0 Å². The maximum absolute atomic E-state index is 12.0. The molecule has 0 bridgehead atoms. The van der Waals surface area contributed by atoms with Crippen molar-refractivity contribution < 1.29 is 23.1 Å². The number of ether oxygens (including phenoxy) is 1. The number of hydrogen-bond acceptors (Lipinski definition) is 4. The third-order valence-electron chi connectivity index (χ3n) is 2.74. The molecule has 0 aliphatic rings. The predicted molar refractivity (Wildman–Crippen MR) is 71.8 cm³/mol. The smallest absolute Gasteiger partial charge is 0.387 e. The van der Waals surface area contributed by atoms with Gasteiger partial charge in [0.1, 0.15) is 5.75 Å². The van der Waals surface area contributed by atoms with Crippen molar-refractivity contribution in [2.45, 2.75) is 32.5 Å². The minimum Gasteiger partial charge on any atom is -0.435 e. The molecule has 0 saturated heterocycles. The van der Waals surface area contributed by atoms with Crippen molar-refractivity contribution in [3.05, 3.63) is 29.8 Å². The summed E-state index contributed by atoms with van der Waals surface area (Å²) >= 11 is 0. The van der Waals surface area contributed by atoms with Crippen molar-refractivity contribution in [2.75, 3.05) is 0 Å². The molecule has 0 aliphatic heterocycles. The number of carbonyl (C=O) groups excluding carboxylic acids is 2. The molecule has 1 aromatic carbocycles. The Morgan fingerprint density at radius 2 is 1.76 bits per heavy atom. The molecule has 6 nitrogen and oxygen atoms in total. The molecular formula is C13H17F2N3O3. The zero-order valence-electron chi connectivity index (χ0n) is 11.6. The van der Waals surface area contributed by atoms with Crippen LogP contribution in [0.2, 0.25) is 0 Å². The lowest BCUT2D eigenvalue weighted by atomic mass is 10.1. The van der Waals surface area contributed by atoms with E-state index in [1.54, 1.807) is 26.0 Å². The lowest BCUT2D eigenvalue weighted by Gasteiger charge is -2.19. The van der Waals surface area contributed by atoms with E-state index < -0.39 is 24.6 Å². The maximum atomic E-state index is 12.0. The Kier molecular flexibility index (Phi) is 6.04. The lowest BCUT2D eigenvalue weighted by Crippen LogP contribution is -2.47. The number of nitrogens with two attached hydrogens (primary N) is 1. The molecule has 3 amide bonds. The third kappa shape index (κ3) is 5.74. The van der Waals surface area contributed by atoms with Gasteiger partial charge in [-0.25, -0.2) is 4.79 Å². The summed E-state index contributed by atoms with van der Waals surface area (Å²) in [6.45, 7) is 0.490. The van der Waals surface area contributed by atoms with Gasteiger partial charge in [0.05, 0.1) is 6.04 Å². The van der Waals surface area contributed by atoms with Crippen LogP contribution in [-0.4, -0.2) is 24.6 Å². The molecule has 116 valence electrons. The number of benzene rings is 1. The highest BCUT2D eigenvalue weighted by Gasteiger charge is 2.17. The molecule has 0 saturated carbocycles. The molecule has 4 N–H and O–H groups in total. The first-order chi connectivity index (χ1) is 9.79. The third-order valence-corrected chi connectivity index (χ3v) is 2.74. The molecule has 2 atom stereocenters. The Labute approximate surface area is 120 Å². The molecule has 0 spiro atoms. The average molecular weight is 301 g/mol. The van der Waals surface area contributed by atoms with Crippen LogP contribution >= 0.6 is 0 Å². The predicted octanol–water partition coefficient (Wildman–Crippen LogP) is 1.52. The minimum atomic E-state index is -2.87. The number of alkyl halides is 2. The number of hydrogen-bond donors (Lipinski definition) is 3. The van der Waals surface area contributed by atoms with E-state index in [-0.39, 0.29) is 11.8 Å². The lowest BCUT2D eigenvalue weighted by molar-refractivity contribution is -0.121. The van der Waals surface area contributed by atoms with Gasteiger partial charge in [0, 0.05) is 6.04 Å². The fourth-order valence-electron chi connectivity index (χ4n) is 1.71. The van der Waals surface area contributed by atoms with Crippen LogP contribution in [0, 0.1) is 0 Å². The summed E-state index contributed by atoms with van der Waals surface area (Å²) in [5, 5.41) is 4.92. The van der Waals surface area contributed by atoms with Gasteiger partial charge in [0.25, 0.3) is 0 Å². The van der Waals surface area contributed by atoms with Gasteiger partial charge in [-0.2, -0.15) is 8.78 Å². The van der Waals surface area contributed by atoms with E-state index in [9.17, 15) is 18.4 Å². The quantitative estimate of drug-likeness (QED) is 0.742. The molecule has 8 heteroatoms. The van der Waals surface area contributed by atoms with Crippen molar-refractivity contribution in [3.63, 3.8) is 0 Å². The fourth-order valence-corrected chi connectivity index (χ4v) is 1.71. The molecule has 21 heavy (non-hydrogen) atoms. The van der Waals surface area contributed by atoms with Crippen LogP contribution < -0.4 is 21.1 Å². The van der Waals surface area contributed by atoms with E-state index in [1.807, 2.05) is 5.32 Å². The van der Waals surface area contributed by atoms with Crippen LogP contribution in [0.5, 0.6) is 5.75 Å². The van der Waals surface area contributed by atoms with Gasteiger partial charge in [-0.05, 0) is 31.5 Å². The minimum absolute atomic E-state index is 0.0560. The first kappa shape index (κ1) is 16.8. The summed E-state index contributed by atoms with van der Waals surface area (Å²) in [6.07, 6.45) is 0. The van der Waals surface area contributed by atoms with E-state index in [4.69, 9.17) is 5.73 Å². The van der Waals surface area contributed by atoms with Crippen molar-refractivity contribution in [1.82, 2.24) is 10.6 Å². The number of amides is 3. The van der Waals surface area contributed by atoms with Gasteiger partial charge in [-0.3, -0.25) is 15.4 Å². The van der Waals surface area contributed by atoms with Gasteiger partial charge in [-0.1, -0.05) is 12.1 Å². The monoisotopic (exact) mass is 301 g/mol. The molecule has 0 fully saturated rings. The molecule has 0 unspecified atom stereocenters. The van der Waals surface area contributed by atoms with E-state index in [1.165, 1.54) is 12.1 Å². The van der Waals surface area contributed by atoms with Gasteiger partial charge in [-0.15, -0.1) is 0 Å². The van der Waals surface area contributed by atoms with Crippen molar-refractivity contribution >= 4 is 11.9 Å². The maximum Gasteiger partial charge on any atom is 0.387 e. The zero-order valence-corrected chi connectivity index (χ0v) is 11.6. The molecular weight excluding hydrogens is 284 g/mol. The van der Waals surface area contributed by atoms with Crippen LogP contribution in [0.25, 0.3) is 0 Å². The number of primary amides is 1. The highest BCUT2D eigenvalue weighted by Crippen LogP contribution is 2.19. The van der Waals surface area contributed by atoms with E-state index in [2.05, 4.69) is 10.1 Å². The second-order valence-corrected chi connectivity index (χ2v) is 4.41. The van der Waals surface area contributed by atoms with Crippen LogP contribution in [0.15, 0.2) is 24.3 Å². The van der Waals surface area contributed by atoms with Crippen molar-refractivity contribution in [2.24, 2.45) is 5.73 Å². The number of imide groups is 1. The van der Waals surface area contributed by atoms with Gasteiger partial charge < -0.3 is 10.5 Å². The molecule has 0 heterocycles. The van der Waals surface area contributed by atoms with E-state index in [0.717, 1.165) is 5.56 Å². The standard InChI is InChI=1S/C13H17F2N3O3/c1-7(17-8(2)11(19)18-13(16)20)9-3-5-10(6-4-9)21-12(14)15/h3-8,12,17H,1-2H3,(H3,16,18,19,20)/t7-,8-/m0/s1. The summed E-state index contributed by atoms with van der Waals surface area (Å²) in [4.78, 5) is 22.1. The molecule has 0 aromatic heterocycles. The first-order valence-electron chi connectivity index (χ1n) is 6.20. The molecule has 1 rings (SSSR count). The SMILES string of the molecule is C[C@H](N[C@@H](C)c1ccc(OC(F)F)cc1)C(=O)NC(N)=O. The number of carbonyl (C=O) groups is 2. The topological polar surface area (TPSA) is 93.4 Å². The highest BCUT2D eigenvalue weighted by atomic mass is 19.3. The van der Waals surface area contributed by atoms with Gasteiger partial charge >= 0.3 is 12.6 Å². The normalized spacial score (nSPS) is 13.6. The Balaban J connectivity index is 2.60. The summed E-state index contributed by atoms with van der Waals surface area (Å²) in [7, 11) is 0. The summed E-state index contributed by atoms with van der Waals surface area (Å²) in [6, 6.07) is 4.22. The Morgan fingerprint density at radius 1 is 1.19 bits per heavy atom. The number of halogens is 2. The summed E-state index contributed by atoms with van der Waals surface area (Å²) in [5.74, 6) is -0.493. The van der Waals surface area contributed by atoms with E-state index in [0.29, 0.717) is 0 Å². The average Bonchev–Trinajstić information content (AvgIpc) is 2.37. The van der Waals surface area contributed by atoms with Crippen LogP contribution in [0.1, 0.15) is 25.5 Å². The van der Waals surface area contributed by atoms with Gasteiger partial charge in [0.15, 0.2) is 0 Å². The number of nitrogens with one attached hydrogen (secondary N) is 2. The van der Waals surface area contributed by atoms with Gasteiger partial charge in [0.2, 0.25) is 5.91 Å². The summed E-state index contributed by atoms with van der Waals surface area (Å²) in [5.41, 5.74) is 5.63. The number of urea groups is 1. The number of rotatable bonds is 6. The highest BCUT2D eigenvalue weighted by molar-refractivity contribution is 5.96. The second kappa shape index (κ2) is 7.53. The zero-order chi connectivity index (χ0) is 16.0. The Hall–Kier alpha value is -2.22. The van der Waals surface area contributed by atoms with Crippen molar-refractivity contribution in [3.8, 4) is 5.75 Å². The second-order valence-electron chi connectivity index (χ2n) is 4.41. The molecule has 0 radical (unpaired) electrons. The Morgan fingerprint density at radius 3 is 2.24 bits per heavy atom. The first-order valence-corrected chi connectivity index (χ1v) is 6.20.